The number of carbonyl (C=O) groups excluding carboxylic acids is 1. The highest BCUT2D eigenvalue weighted by molar-refractivity contribution is 9.10. The smallest absolute Gasteiger partial charge is 0.187 e. The number of aryl methyl sites for hydroxylation is 1. The molecule has 0 aliphatic rings. The van der Waals surface area contributed by atoms with Crippen LogP contribution in [0.3, 0.4) is 0 Å². The van der Waals surface area contributed by atoms with E-state index in [2.05, 4.69) is 26.2 Å². The molecule has 20 heavy (non-hydrogen) atoms. The SMILES string of the molecule is C/C(=C\C(=O)c1ccc(Br)cc1)Nc1cc(C)ccn1. The van der Waals surface area contributed by atoms with Crippen molar-refractivity contribution >= 4 is 27.5 Å². The number of hydrogen-bond donors (Lipinski definition) is 1. The van der Waals surface area contributed by atoms with Crippen LogP contribution >= 0.6 is 15.9 Å². The zero-order chi connectivity index (χ0) is 14.5. The third-order valence-electron chi connectivity index (χ3n) is 2.72. The molecule has 1 aromatic carbocycles. The van der Waals surface area contributed by atoms with Gasteiger partial charge in [0.15, 0.2) is 5.78 Å². The molecule has 1 N–H and O–H groups in total. The van der Waals surface area contributed by atoms with Gasteiger partial charge in [0.1, 0.15) is 5.82 Å². The number of benzene rings is 1. The van der Waals surface area contributed by atoms with Crippen LogP contribution in [-0.2, 0) is 0 Å². The van der Waals surface area contributed by atoms with Crippen molar-refractivity contribution in [3.63, 3.8) is 0 Å². The lowest BCUT2D eigenvalue weighted by atomic mass is 10.1. The van der Waals surface area contributed by atoms with E-state index < -0.39 is 0 Å². The maximum atomic E-state index is 12.1. The molecule has 3 nitrogen and oxygen atoms in total. The van der Waals surface area contributed by atoms with E-state index in [-0.39, 0.29) is 5.78 Å². The number of nitrogens with zero attached hydrogens (tertiary/aromatic N) is 1. The number of halogens is 1. The van der Waals surface area contributed by atoms with Gasteiger partial charge < -0.3 is 5.32 Å². The summed E-state index contributed by atoms with van der Waals surface area (Å²) in [6.45, 7) is 3.85. The Labute approximate surface area is 126 Å². The number of pyridine rings is 1. The third kappa shape index (κ3) is 4.03. The highest BCUT2D eigenvalue weighted by atomic mass is 79.9. The molecule has 0 amide bonds. The Kier molecular flexibility index (Phi) is 4.69. The molecule has 0 saturated heterocycles. The number of anilines is 1. The summed E-state index contributed by atoms with van der Waals surface area (Å²) in [5.41, 5.74) is 2.54. The van der Waals surface area contributed by atoms with Crippen LogP contribution in [0.1, 0.15) is 22.8 Å². The first kappa shape index (κ1) is 14.5. The summed E-state index contributed by atoms with van der Waals surface area (Å²) in [4.78, 5) is 16.3. The van der Waals surface area contributed by atoms with Crippen LogP contribution in [0.5, 0.6) is 0 Å². The summed E-state index contributed by atoms with van der Waals surface area (Å²) in [5, 5.41) is 3.11. The Bertz CT molecular complexity index is 648. The summed E-state index contributed by atoms with van der Waals surface area (Å²) in [5.74, 6) is 0.706. The second-order valence-corrected chi connectivity index (χ2v) is 5.46. The zero-order valence-corrected chi connectivity index (χ0v) is 12.9. The van der Waals surface area contributed by atoms with Gasteiger partial charge in [0.25, 0.3) is 0 Å². The minimum Gasteiger partial charge on any atom is -0.344 e. The average molecular weight is 331 g/mol. The van der Waals surface area contributed by atoms with E-state index >= 15 is 0 Å². The molecule has 0 saturated carbocycles. The minimum absolute atomic E-state index is 0.0323. The van der Waals surface area contributed by atoms with Crippen molar-refractivity contribution in [1.29, 1.82) is 0 Å². The van der Waals surface area contributed by atoms with Crippen molar-refractivity contribution in [3.8, 4) is 0 Å². The Morgan fingerprint density at radius 3 is 2.60 bits per heavy atom. The van der Waals surface area contributed by atoms with Crippen molar-refractivity contribution in [1.82, 2.24) is 4.98 Å². The zero-order valence-electron chi connectivity index (χ0n) is 11.4. The van der Waals surface area contributed by atoms with Gasteiger partial charge >= 0.3 is 0 Å². The first-order valence-electron chi connectivity index (χ1n) is 6.22. The Morgan fingerprint density at radius 2 is 1.95 bits per heavy atom. The summed E-state index contributed by atoms with van der Waals surface area (Å²) in [7, 11) is 0. The van der Waals surface area contributed by atoms with Crippen LogP contribution in [0.15, 0.2) is 58.8 Å². The molecule has 0 aliphatic carbocycles. The van der Waals surface area contributed by atoms with Gasteiger partial charge in [-0.2, -0.15) is 0 Å². The van der Waals surface area contributed by atoms with Gasteiger partial charge in [-0.05, 0) is 55.8 Å². The van der Waals surface area contributed by atoms with Gasteiger partial charge in [0.2, 0.25) is 0 Å². The van der Waals surface area contributed by atoms with Crippen LogP contribution in [-0.4, -0.2) is 10.8 Å². The first-order chi connectivity index (χ1) is 9.54. The molecule has 0 radical (unpaired) electrons. The molecule has 1 heterocycles. The molecule has 0 unspecified atom stereocenters. The number of allylic oxidation sites excluding steroid dienone is 2. The number of carbonyl (C=O) groups is 1. The van der Waals surface area contributed by atoms with Crippen molar-refractivity contribution in [3.05, 3.63) is 70.0 Å². The Morgan fingerprint density at radius 1 is 1.25 bits per heavy atom. The van der Waals surface area contributed by atoms with Gasteiger partial charge in [-0.25, -0.2) is 4.98 Å². The number of hydrogen-bond acceptors (Lipinski definition) is 3. The van der Waals surface area contributed by atoms with Crippen molar-refractivity contribution < 1.29 is 4.79 Å². The van der Waals surface area contributed by atoms with Gasteiger partial charge in [0, 0.05) is 28.0 Å². The van der Waals surface area contributed by atoms with E-state index in [9.17, 15) is 4.79 Å². The molecule has 0 spiro atoms. The molecule has 102 valence electrons. The standard InChI is InChI=1S/C16H15BrN2O/c1-11-7-8-18-16(9-11)19-12(2)10-15(20)13-3-5-14(17)6-4-13/h3-10H,1-2H3,(H,18,19)/b12-10+. The number of ketones is 1. The second kappa shape index (κ2) is 6.48. The second-order valence-electron chi connectivity index (χ2n) is 4.54. The normalized spacial score (nSPS) is 11.2. The molecule has 4 heteroatoms. The van der Waals surface area contributed by atoms with Crippen molar-refractivity contribution in [2.75, 3.05) is 5.32 Å². The molecule has 2 rings (SSSR count). The van der Waals surface area contributed by atoms with E-state index in [0.29, 0.717) is 5.56 Å². The van der Waals surface area contributed by atoms with E-state index in [1.165, 1.54) is 0 Å². The average Bonchev–Trinajstić information content (AvgIpc) is 2.39. The molecule has 0 fully saturated rings. The largest absolute Gasteiger partial charge is 0.344 e. The topological polar surface area (TPSA) is 42.0 Å². The van der Waals surface area contributed by atoms with Crippen LogP contribution in [0.2, 0.25) is 0 Å². The molecular formula is C16H15BrN2O. The lowest BCUT2D eigenvalue weighted by molar-refractivity contribution is 0.104. The number of nitrogens with one attached hydrogen (secondary N) is 1. The van der Waals surface area contributed by atoms with E-state index in [4.69, 9.17) is 0 Å². The molecular weight excluding hydrogens is 316 g/mol. The fourth-order valence-corrected chi connectivity index (χ4v) is 2.00. The van der Waals surface area contributed by atoms with Gasteiger partial charge in [0.05, 0.1) is 0 Å². The monoisotopic (exact) mass is 330 g/mol. The van der Waals surface area contributed by atoms with Gasteiger partial charge in [-0.1, -0.05) is 15.9 Å². The maximum absolute atomic E-state index is 12.1. The maximum Gasteiger partial charge on any atom is 0.187 e. The Balaban J connectivity index is 2.10. The lowest BCUT2D eigenvalue weighted by Gasteiger charge is -2.06. The Hall–Kier alpha value is -1.94. The summed E-state index contributed by atoms with van der Waals surface area (Å²) < 4.78 is 0.955. The molecule has 0 aliphatic heterocycles. The van der Waals surface area contributed by atoms with E-state index in [0.717, 1.165) is 21.6 Å². The molecule has 0 atom stereocenters. The fourth-order valence-electron chi connectivity index (χ4n) is 1.74. The van der Waals surface area contributed by atoms with Crippen LogP contribution in [0, 0.1) is 6.92 Å². The fraction of sp³-hybridized carbons (Fsp3) is 0.125. The molecule has 2 aromatic rings. The number of aromatic nitrogens is 1. The highest BCUT2D eigenvalue weighted by Gasteiger charge is 2.03. The molecule has 0 bridgehead atoms. The van der Waals surface area contributed by atoms with Crippen LogP contribution in [0.4, 0.5) is 5.82 Å². The predicted octanol–water partition coefficient (Wildman–Crippen LogP) is 4.35. The first-order valence-corrected chi connectivity index (χ1v) is 7.02. The summed E-state index contributed by atoms with van der Waals surface area (Å²) in [6.07, 6.45) is 3.31. The summed E-state index contributed by atoms with van der Waals surface area (Å²) >= 11 is 3.35. The van der Waals surface area contributed by atoms with E-state index in [1.54, 1.807) is 24.4 Å². The van der Waals surface area contributed by atoms with Crippen molar-refractivity contribution in [2.45, 2.75) is 13.8 Å². The highest BCUT2D eigenvalue weighted by Crippen LogP contribution is 2.13. The number of rotatable bonds is 4. The third-order valence-corrected chi connectivity index (χ3v) is 3.25. The lowest BCUT2D eigenvalue weighted by Crippen LogP contribution is -2.02. The van der Waals surface area contributed by atoms with E-state index in [1.807, 2.05) is 38.1 Å². The predicted molar refractivity (Wildman–Crippen MR) is 84.8 cm³/mol. The minimum atomic E-state index is -0.0323. The summed E-state index contributed by atoms with van der Waals surface area (Å²) in [6, 6.07) is 11.2. The quantitative estimate of drug-likeness (QED) is 0.669. The molecule has 1 aromatic heterocycles. The van der Waals surface area contributed by atoms with Crippen LogP contribution < -0.4 is 5.32 Å². The van der Waals surface area contributed by atoms with Gasteiger partial charge in [-0.3, -0.25) is 4.79 Å². The van der Waals surface area contributed by atoms with Gasteiger partial charge in [-0.15, -0.1) is 0 Å². The van der Waals surface area contributed by atoms with Crippen molar-refractivity contribution in [2.24, 2.45) is 0 Å². The van der Waals surface area contributed by atoms with Crippen LogP contribution in [0.25, 0.3) is 0 Å².